The molecule has 0 bridgehead atoms. The van der Waals surface area contributed by atoms with E-state index in [0.29, 0.717) is 18.3 Å². The molecule has 32 heavy (non-hydrogen) atoms. The molecule has 0 fully saturated rings. The number of aliphatic hydroxyl groups excluding tert-OH is 1. The smallest absolute Gasteiger partial charge is 0.345 e. The summed E-state index contributed by atoms with van der Waals surface area (Å²) in [5.41, 5.74) is 0.401. The molecule has 0 aliphatic carbocycles. The zero-order chi connectivity index (χ0) is 24.7. The number of benzene rings is 1. The van der Waals surface area contributed by atoms with Crippen LogP contribution in [0, 0.1) is 0 Å². The van der Waals surface area contributed by atoms with Crippen LogP contribution in [0.25, 0.3) is 0 Å². The van der Waals surface area contributed by atoms with Crippen molar-refractivity contribution in [1.29, 1.82) is 0 Å². The highest BCUT2D eigenvalue weighted by Gasteiger charge is 2.41. The molecule has 180 valence electrons. The van der Waals surface area contributed by atoms with E-state index < -0.39 is 26.4 Å². The van der Waals surface area contributed by atoms with E-state index in [1.807, 2.05) is 13.1 Å². The first-order valence-electron chi connectivity index (χ1n) is 11.1. The number of methoxy groups -OCH3 is 1. The molecule has 0 unspecified atom stereocenters. The predicted octanol–water partition coefficient (Wildman–Crippen LogP) is 5.08. The summed E-state index contributed by atoms with van der Waals surface area (Å²) in [7, 11) is -1.20. The topological polar surface area (TPSA) is 99.1 Å². The van der Waals surface area contributed by atoms with Crippen LogP contribution in [-0.2, 0) is 16.0 Å². The predicted molar refractivity (Wildman–Crippen MR) is 126 cm³/mol. The molecular formula is C24H38O7Si. The van der Waals surface area contributed by atoms with Gasteiger partial charge in [0.15, 0.2) is 12.0 Å². The quantitative estimate of drug-likeness (QED) is 0.160. The third-order valence-electron chi connectivity index (χ3n) is 5.89. The van der Waals surface area contributed by atoms with Crippen molar-refractivity contribution < 1.29 is 33.4 Å². The van der Waals surface area contributed by atoms with E-state index in [4.69, 9.17) is 13.9 Å². The van der Waals surface area contributed by atoms with Gasteiger partial charge in [-0.2, -0.15) is 0 Å². The molecule has 0 aliphatic rings. The first-order chi connectivity index (χ1) is 14.8. The maximum atomic E-state index is 12.7. The molecule has 0 aromatic heterocycles. The lowest BCUT2D eigenvalue weighted by Crippen LogP contribution is -2.44. The maximum absolute atomic E-state index is 12.7. The van der Waals surface area contributed by atoms with Crippen molar-refractivity contribution in [2.24, 2.45) is 0 Å². The summed E-state index contributed by atoms with van der Waals surface area (Å²) in [4.78, 5) is 36.6. The fourth-order valence-corrected chi connectivity index (χ4v) is 4.06. The summed E-state index contributed by atoms with van der Waals surface area (Å²) < 4.78 is 16.7. The number of ether oxygens (including phenoxy) is 2. The zero-order valence-corrected chi connectivity index (χ0v) is 21.7. The van der Waals surface area contributed by atoms with E-state index in [1.54, 1.807) is 6.07 Å². The van der Waals surface area contributed by atoms with Gasteiger partial charge in [-0.15, -0.1) is 0 Å². The van der Waals surface area contributed by atoms with Crippen LogP contribution in [0.5, 0.6) is 11.5 Å². The third kappa shape index (κ3) is 7.17. The second-order valence-electron chi connectivity index (χ2n) is 9.57. The Labute approximate surface area is 192 Å². The first kappa shape index (κ1) is 27.8. The number of unbranched alkanes of at least 4 members (excludes halogenated alkanes) is 2. The molecule has 1 aromatic rings. The number of aliphatic hydroxyl groups is 1. The highest BCUT2D eigenvalue weighted by atomic mass is 28.4. The van der Waals surface area contributed by atoms with Crippen LogP contribution in [0.4, 0.5) is 0 Å². The number of rotatable bonds is 11. The largest absolute Gasteiger partial charge is 0.543 e. The Morgan fingerprint density at radius 3 is 2.31 bits per heavy atom. The molecule has 0 radical (unpaired) electrons. The molecule has 0 heterocycles. The van der Waals surface area contributed by atoms with E-state index in [0.717, 1.165) is 19.3 Å². The van der Waals surface area contributed by atoms with Gasteiger partial charge < -0.3 is 19.0 Å². The van der Waals surface area contributed by atoms with Gasteiger partial charge >= 0.3 is 11.9 Å². The molecule has 1 N–H and O–H groups in total. The second-order valence-corrected chi connectivity index (χ2v) is 14.3. The Balaban J connectivity index is 3.71. The molecule has 1 rings (SSSR count). The monoisotopic (exact) mass is 466 g/mol. The molecule has 0 saturated heterocycles. The van der Waals surface area contributed by atoms with Gasteiger partial charge in [-0.05, 0) is 42.6 Å². The van der Waals surface area contributed by atoms with Gasteiger partial charge in [-0.3, -0.25) is 9.59 Å². The second kappa shape index (κ2) is 11.6. The standard InChI is InChI=1S/C24H38O7Si/c1-9-10-11-12-18(27)13-17-14-20(31-32(7,8)24(3,4)5)21(23(28)29-6)22(19(17)15-25)30-16(2)26/h14-15,18,27H,9-13H2,1-8H3/t18-/m0/s1. The minimum absolute atomic E-state index is 0.0396. The minimum atomic E-state index is -2.41. The average Bonchev–Trinajstić information content (AvgIpc) is 2.66. The number of hydrogen-bond acceptors (Lipinski definition) is 7. The first-order valence-corrected chi connectivity index (χ1v) is 14.0. The van der Waals surface area contributed by atoms with Gasteiger partial charge in [0.25, 0.3) is 8.32 Å². The van der Waals surface area contributed by atoms with Crippen molar-refractivity contribution in [1.82, 2.24) is 0 Å². The van der Waals surface area contributed by atoms with Crippen LogP contribution < -0.4 is 9.16 Å². The Morgan fingerprint density at radius 2 is 1.84 bits per heavy atom. The fraction of sp³-hybridized carbons (Fsp3) is 0.625. The SMILES string of the molecule is CCCCC[C@H](O)Cc1cc(O[Si](C)(C)C(C)(C)C)c(C(=O)OC)c(OC(C)=O)c1C=O. The lowest BCUT2D eigenvalue weighted by Gasteiger charge is -2.37. The van der Waals surface area contributed by atoms with E-state index in [1.165, 1.54) is 14.0 Å². The van der Waals surface area contributed by atoms with Gasteiger partial charge in [0.05, 0.1) is 18.8 Å². The van der Waals surface area contributed by atoms with Crippen LogP contribution >= 0.6 is 0 Å². The van der Waals surface area contributed by atoms with E-state index >= 15 is 0 Å². The van der Waals surface area contributed by atoms with Gasteiger partial charge in [0.1, 0.15) is 11.3 Å². The lowest BCUT2D eigenvalue weighted by atomic mass is 9.95. The van der Waals surface area contributed by atoms with Gasteiger partial charge in [0.2, 0.25) is 0 Å². The Hall–Kier alpha value is -2.19. The van der Waals surface area contributed by atoms with Crippen molar-refractivity contribution in [2.75, 3.05) is 7.11 Å². The summed E-state index contributed by atoms with van der Waals surface area (Å²) in [6.07, 6.45) is 3.48. The number of carbonyl (C=O) groups is 3. The highest BCUT2D eigenvalue weighted by molar-refractivity contribution is 6.74. The Morgan fingerprint density at radius 1 is 1.22 bits per heavy atom. The minimum Gasteiger partial charge on any atom is -0.543 e. The summed E-state index contributed by atoms with van der Waals surface area (Å²) >= 11 is 0. The summed E-state index contributed by atoms with van der Waals surface area (Å²) in [5, 5.41) is 10.4. The molecule has 0 amide bonds. The summed E-state index contributed by atoms with van der Waals surface area (Å²) in [5.74, 6) is -1.45. The fourth-order valence-electron chi connectivity index (χ4n) is 3.04. The van der Waals surface area contributed by atoms with Gasteiger partial charge in [-0.1, -0.05) is 47.0 Å². The number of carbonyl (C=O) groups excluding carboxylic acids is 3. The van der Waals surface area contributed by atoms with Crippen LogP contribution in [0.15, 0.2) is 6.07 Å². The van der Waals surface area contributed by atoms with E-state index in [9.17, 15) is 19.5 Å². The molecule has 0 saturated carbocycles. The maximum Gasteiger partial charge on any atom is 0.345 e. The average molecular weight is 467 g/mol. The molecule has 7 nitrogen and oxygen atoms in total. The zero-order valence-electron chi connectivity index (χ0n) is 20.7. The van der Waals surface area contributed by atoms with E-state index in [2.05, 4.69) is 27.7 Å². The Kier molecular flexibility index (Phi) is 10.1. The number of hydrogen-bond donors (Lipinski definition) is 1. The van der Waals surface area contributed by atoms with Crippen molar-refractivity contribution in [3.8, 4) is 11.5 Å². The molecule has 0 aliphatic heterocycles. The van der Waals surface area contributed by atoms with Crippen LogP contribution in [-0.4, -0.2) is 44.9 Å². The normalized spacial score (nSPS) is 12.8. The van der Waals surface area contributed by atoms with E-state index in [-0.39, 0.29) is 34.1 Å². The highest BCUT2D eigenvalue weighted by Crippen LogP contribution is 2.42. The molecule has 0 spiro atoms. The Bertz CT molecular complexity index is 825. The molecule has 1 atom stereocenters. The van der Waals surface area contributed by atoms with Crippen LogP contribution in [0.1, 0.15) is 86.6 Å². The molecular weight excluding hydrogens is 428 g/mol. The van der Waals surface area contributed by atoms with Crippen molar-refractivity contribution >= 4 is 26.5 Å². The third-order valence-corrected chi connectivity index (χ3v) is 10.2. The van der Waals surface area contributed by atoms with Crippen molar-refractivity contribution in [3.05, 3.63) is 22.8 Å². The van der Waals surface area contributed by atoms with Gasteiger partial charge in [-0.25, -0.2) is 4.79 Å². The van der Waals surface area contributed by atoms with Crippen molar-refractivity contribution in [3.63, 3.8) is 0 Å². The summed E-state index contributed by atoms with van der Waals surface area (Å²) in [6, 6.07) is 1.60. The van der Waals surface area contributed by atoms with Crippen LogP contribution in [0.2, 0.25) is 18.1 Å². The lowest BCUT2D eigenvalue weighted by molar-refractivity contribution is -0.131. The number of esters is 2. The molecule has 1 aromatic carbocycles. The molecule has 8 heteroatoms. The summed E-state index contributed by atoms with van der Waals surface area (Å²) in [6.45, 7) is 13.5. The van der Waals surface area contributed by atoms with Gasteiger partial charge in [0, 0.05) is 6.92 Å². The van der Waals surface area contributed by atoms with Crippen molar-refractivity contribution in [2.45, 2.75) is 91.0 Å². The van der Waals surface area contributed by atoms with Crippen LogP contribution in [0.3, 0.4) is 0 Å². The number of aldehydes is 1.